The van der Waals surface area contributed by atoms with Crippen molar-refractivity contribution in [2.45, 2.75) is 45.4 Å². The molecule has 3 heterocycles. The van der Waals surface area contributed by atoms with Crippen LogP contribution in [0, 0.1) is 5.92 Å². The Balaban J connectivity index is 1.28. The minimum Gasteiger partial charge on any atom is -0.508 e. The number of benzene rings is 2. The molecule has 0 spiro atoms. The van der Waals surface area contributed by atoms with Crippen LogP contribution in [0.25, 0.3) is 17.1 Å². The van der Waals surface area contributed by atoms with Gasteiger partial charge in [0.2, 0.25) is 21.8 Å². The van der Waals surface area contributed by atoms with Crippen LogP contribution in [-0.2, 0) is 35.6 Å². The van der Waals surface area contributed by atoms with Crippen LogP contribution in [0.2, 0.25) is 0 Å². The van der Waals surface area contributed by atoms with E-state index < -0.39 is 33.8 Å². The zero-order valence-corrected chi connectivity index (χ0v) is 41.1. The maximum atomic E-state index is 14.3. The molecular weight excluding hydrogens is 917 g/mol. The van der Waals surface area contributed by atoms with E-state index >= 15 is 0 Å². The lowest BCUT2D eigenvalue weighted by Gasteiger charge is -2.33. The van der Waals surface area contributed by atoms with E-state index in [1.807, 2.05) is 43.0 Å². The normalized spacial score (nSPS) is 17.0. The van der Waals surface area contributed by atoms with Crippen LogP contribution in [0.1, 0.15) is 60.8 Å². The number of carbonyl (C=O) groups excluding carboxylic acids is 2. The van der Waals surface area contributed by atoms with Crippen LogP contribution in [0.3, 0.4) is 0 Å². The number of piperidine rings is 1. The highest BCUT2D eigenvalue weighted by Crippen LogP contribution is 2.38. The van der Waals surface area contributed by atoms with Crippen molar-refractivity contribution < 1.29 is 57.9 Å². The molecule has 69 heavy (non-hydrogen) atoms. The topological polar surface area (TPSA) is 274 Å². The summed E-state index contributed by atoms with van der Waals surface area (Å²) in [5, 5.41) is 59.0. The summed E-state index contributed by atoms with van der Waals surface area (Å²) in [7, 11) is 0.00876. The summed E-state index contributed by atoms with van der Waals surface area (Å²) in [6.45, 7) is 6.51. The first-order valence-corrected chi connectivity index (χ1v) is 25.0. The highest BCUT2D eigenvalue weighted by Gasteiger charge is 2.29. The molecule has 1 aromatic heterocycles. The Morgan fingerprint density at radius 3 is 1.62 bits per heavy atom. The molecule has 5 N–H and O–H groups in total. The van der Waals surface area contributed by atoms with E-state index in [-0.39, 0.29) is 119 Å². The highest BCUT2D eigenvalue weighted by atomic mass is 32.2. The molecule has 0 aliphatic carbocycles. The number of carboxylic acids is 3. The van der Waals surface area contributed by atoms with Crippen molar-refractivity contribution in [1.29, 1.82) is 0 Å². The Kier molecular flexibility index (Phi) is 19.4. The molecule has 2 saturated heterocycles. The Hall–Kier alpha value is -5.72. The fraction of sp³-hybridized carbons (Fsp3) is 0.587. The third kappa shape index (κ3) is 15.9. The van der Waals surface area contributed by atoms with Crippen LogP contribution < -0.4 is 0 Å². The molecule has 3 aromatic rings. The van der Waals surface area contributed by atoms with Crippen molar-refractivity contribution in [3.63, 3.8) is 0 Å². The minimum absolute atomic E-state index is 0.0322. The van der Waals surface area contributed by atoms with E-state index in [9.17, 15) is 57.9 Å². The average Bonchev–Trinajstić information content (AvgIpc) is 3.71. The van der Waals surface area contributed by atoms with Crippen molar-refractivity contribution in [2.75, 3.05) is 125 Å². The molecule has 2 aliphatic rings. The lowest BCUT2D eigenvalue weighted by atomic mass is 9.91. The summed E-state index contributed by atoms with van der Waals surface area (Å²) >= 11 is 0. The van der Waals surface area contributed by atoms with Crippen LogP contribution in [-0.4, -0.2) is 237 Å². The van der Waals surface area contributed by atoms with Gasteiger partial charge in [0.15, 0.2) is 5.82 Å². The van der Waals surface area contributed by atoms with E-state index in [4.69, 9.17) is 0 Å². The lowest BCUT2D eigenvalue weighted by Crippen LogP contribution is -2.50. The predicted octanol–water partition coefficient (Wildman–Crippen LogP) is 1.08. The molecule has 22 nitrogen and oxygen atoms in total. The van der Waals surface area contributed by atoms with Gasteiger partial charge in [-0.2, -0.15) is 0 Å². The van der Waals surface area contributed by atoms with Gasteiger partial charge in [0.25, 0.3) is 5.91 Å². The van der Waals surface area contributed by atoms with Gasteiger partial charge in [0, 0.05) is 104 Å². The number of hydrogen-bond acceptors (Lipinski definition) is 15. The molecule has 0 saturated carbocycles. The molecule has 0 atom stereocenters. The van der Waals surface area contributed by atoms with Crippen molar-refractivity contribution >= 4 is 39.7 Å². The maximum Gasteiger partial charge on any atom is 0.317 e. The minimum atomic E-state index is -3.25. The molecule has 380 valence electrons. The predicted molar refractivity (Wildman–Crippen MR) is 255 cm³/mol. The zero-order chi connectivity index (χ0) is 50.6. The molecule has 2 amide bonds. The number of phenolic OH excluding ortho intramolecular Hbond substituents is 2. The third-order valence-corrected chi connectivity index (χ3v) is 14.1. The quantitative estimate of drug-likeness (QED) is 0.112. The van der Waals surface area contributed by atoms with E-state index in [2.05, 4.69) is 10.2 Å². The number of carbonyl (C=O) groups is 5. The molecule has 2 fully saturated rings. The van der Waals surface area contributed by atoms with Gasteiger partial charge < -0.3 is 35.3 Å². The summed E-state index contributed by atoms with van der Waals surface area (Å²) in [5.41, 5.74) is 2.40. The second-order valence-electron chi connectivity index (χ2n) is 18.4. The number of nitrogens with zero attached hydrogens (tertiary/aromatic N) is 10. The third-order valence-electron chi connectivity index (χ3n) is 12.7. The SMILES string of the molecule is CC(C)c1cc(-c2nnc(C(=O)N(C)CCCN(C)C(=O)CN3CCN(CC(=O)O)CCN(CC(=O)O)CCN(CC(=O)O)CC3)n2-c2ccc(CC3CCN(S(C)(=O)=O)CC3)cc2)c(O)cc1O. The molecule has 0 radical (unpaired) electrons. The fourth-order valence-electron chi connectivity index (χ4n) is 8.68. The van der Waals surface area contributed by atoms with Crippen LogP contribution in [0.15, 0.2) is 36.4 Å². The maximum absolute atomic E-state index is 14.3. The molecule has 2 aromatic carbocycles. The molecule has 0 bridgehead atoms. The number of aromatic nitrogens is 3. The number of rotatable bonds is 19. The molecular formula is C46H68N10O12S. The molecule has 5 rings (SSSR count). The Labute approximate surface area is 403 Å². The first-order valence-electron chi connectivity index (χ1n) is 23.2. The summed E-state index contributed by atoms with van der Waals surface area (Å²) in [4.78, 5) is 72.8. The van der Waals surface area contributed by atoms with Gasteiger partial charge in [0.1, 0.15) is 11.5 Å². The van der Waals surface area contributed by atoms with Crippen LogP contribution in [0.5, 0.6) is 11.5 Å². The first-order chi connectivity index (χ1) is 32.6. The average molecular weight is 985 g/mol. The van der Waals surface area contributed by atoms with Crippen molar-refractivity contribution in [3.8, 4) is 28.6 Å². The summed E-state index contributed by atoms with van der Waals surface area (Å²) < 4.78 is 27.1. The van der Waals surface area contributed by atoms with Gasteiger partial charge in [-0.1, -0.05) is 26.0 Å². The van der Waals surface area contributed by atoms with Gasteiger partial charge in [-0.3, -0.25) is 48.1 Å². The van der Waals surface area contributed by atoms with Gasteiger partial charge in [-0.25, -0.2) is 12.7 Å². The molecule has 0 unspecified atom stereocenters. The van der Waals surface area contributed by atoms with Gasteiger partial charge in [-0.15, -0.1) is 10.2 Å². The number of aliphatic carboxylic acids is 3. The number of likely N-dealkylation sites (N-methyl/N-ethyl adjacent to an activating group) is 1. The monoisotopic (exact) mass is 984 g/mol. The largest absolute Gasteiger partial charge is 0.508 e. The summed E-state index contributed by atoms with van der Waals surface area (Å²) in [6.07, 6.45) is 3.81. The van der Waals surface area contributed by atoms with E-state index in [1.165, 1.54) is 21.5 Å². The summed E-state index contributed by atoms with van der Waals surface area (Å²) in [5.74, 6) is -3.86. The smallest absolute Gasteiger partial charge is 0.317 e. The first kappa shape index (κ1) is 54.2. The van der Waals surface area contributed by atoms with Crippen LogP contribution in [0.4, 0.5) is 0 Å². The Morgan fingerprint density at radius 1 is 0.681 bits per heavy atom. The lowest BCUT2D eigenvalue weighted by molar-refractivity contribution is -0.140. The van der Waals surface area contributed by atoms with Crippen molar-refractivity contribution in [2.24, 2.45) is 5.92 Å². The Bertz CT molecular complexity index is 2340. The standard InChI is InChI=1S/C46H68N10O12S/c1-32(2)36-26-37(39(58)27-38(36)57)44-47-48-45(56(44)35-9-7-33(8-10-35)25-34-11-15-55(16-12-34)69(5,67)68)46(66)50(4)14-6-13-49(3)40(59)28-51-17-19-52(29-41(60)61)21-23-54(31-43(64)65)24-22-53(20-18-51)30-42(62)63/h7-10,26-27,32,34,57-58H,6,11-25,28-31H2,1-5H3,(H,60,61)(H,62,63)(H,64,65). The number of aromatic hydroxyl groups is 2. The van der Waals surface area contributed by atoms with Gasteiger partial charge in [-0.05, 0) is 66.8 Å². The number of phenols is 2. The van der Waals surface area contributed by atoms with Crippen LogP contribution >= 0.6 is 0 Å². The van der Waals surface area contributed by atoms with E-state index in [1.54, 1.807) is 44.3 Å². The second-order valence-corrected chi connectivity index (χ2v) is 20.4. The molecule has 23 heteroatoms. The highest BCUT2D eigenvalue weighted by molar-refractivity contribution is 7.88. The van der Waals surface area contributed by atoms with Gasteiger partial charge in [0.05, 0.1) is 38.0 Å². The number of sulfonamides is 1. The van der Waals surface area contributed by atoms with E-state index in [0.29, 0.717) is 49.8 Å². The van der Waals surface area contributed by atoms with E-state index in [0.717, 1.165) is 24.8 Å². The van der Waals surface area contributed by atoms with Gasteiger partial charge >= 0.3 is 17.9 Å². The number of hydrogen-bond donors (Lipinski definition) is 5. The number of carboxylic acid groups (broad SMARTS) is 3. The fourth-order valence-corrected chi connectivity index (χ4v) is 9.55. The number of amides is 2. The summed E-state index contributed by atoms with van der Waals surface area (Å²) in [6, 6.07) is 10.4. The molecule has 2 aliphatic heterocycles. The van der Waals surface area contributed by atoms with Crippen molar-refractivity contribution in [3.05, 3.63) is 53.3 Å². The zero-order valence-electron chi connectivity index (χ0n) is 40.2. The Morgan fingerprint density at radius 2 is 1.16 bits per heavy atom. The second kappa shape index (κ2) is 24.7. The van der Waals surface area contributed by atoms with Crippen molar-refractivity contribution in [1.82, 2.24) is 48.5 Å².